The quantitative estimate of drug-likeness (QED) is 0.218. The number of carboxylic acids is 1. The number of aliphatic carboxylic acids is 1. The average Bonchev–Trinajstić information content (AvgIpc) is 3.32. The minimum atomic E-state index is -3.85. The summed E-state index contributed by atoms with van der Waals surface area (Å²) in [5, 5.41) is 26.5. The fourth-order valence-corrected chi connectivity index (χ4v) is 7.48. The van der Waals surface area contributed by atoms with Gasteiger partial charge in [-0.15, -0.1) is 0 Å². The Morgan fingerprint density at radius 2 is 1.78 bits per heavy atom. The number of amidine groups is 2. The molecule has 1 unspecified atom stereocenters. The molecule has 0 aliphatic carbocycles. The number of fused-ring (bicyclic) bond motifs is 2. The minimum absolute atomic E-state index is 0.0189. The van der Waals surface area contributed by atoms with Crippen LogP contribution in [-0.4, -0.2) is 61.0 Å². The molecule has 10 nitrogen and oxygen atoms in total. The third-order valence-electron chi connectivity index (χ3n) is 7.86. The van der Waals surface area contributed by atoms with Crippen LogP contribution < -0.4 is 14.8 Å². The Morgan fingerprint density at radius 3 is 2.46 bits per heavy atom. The summed E-state index contributed by atoms with van der Waals surface area (Å²) in [6, 6.07) is 16.3. The Kier molecular flexibility index (Phi) is 7.90. The van der Waals surface area contributed by atoms with Crippen LogP contribution in [0.4, 0.5) is 5.69 Å². The van der Waals surface area contributed by atoms with Crippen molar-refractivity contribution < 1.29 is 23.1 Å². The molecular formula is C30H35N5O5S. The molecule has 216 valence electrons. The lowest BCUT2D eigenvalue weighted by molar-refractivity contribution is -0.137. The lowest BCUT2D eigenvalue weighted by Crippen LogP contribution is -2.40. The second kappa shape index (κ2) is 11.4. The van der Waals surface area contributed by atoms with Crippen molar-refractivity contribution in [3.05, 3.63) is 71.3 Å². The van der Waals surface area contributed by atoms with Crippen LogP contribution in [0.3, 0.4) is 0 Å². The van der Waals surface area contributed by atoms with Crippen LogP contribution in [0.15, 0.2) is 54.6 Å². The molecule has 0 radical (unpaired) electrons. The van der Waals surface area contributed by atoms with Crippen molar-refractivity contribution in [1.82, 2.24) is 4.90 Å². The van der Waals surface area contributed by atoms with Crippen molar-refractivity contribution >= 4 is 44.1 Å². The van der Waals surface area contributed by atoms with Gasteiger partial charge in [0, 0.05) is 44.3 Å². The third kappa shape index (κ3) is 6.14. The number of benzene rings is 3. The van der Waals surface area contributed by atoms with E-state index in [2.05, 4.69) is 0 Å². The summed E-state index contributed by atoms with van der Waals surface area (Å²) >= 11 is 0. The van der Waals surface area contributed by atoms with Gasteiger partial charge in [-0.3, -0.25) is 19.9 Å². The monoisotopic (exact) mass is 577 g/mol. The number of hydrogen-bond donors (Lipinski definition) is 4. The predicted molar refractivity (Wildman–Crippen MR) is 160 cm³/mol. The number of ether oxygens (including phenoxy) is 1. The normalized spacial score (nSPS) is 17.4. The smallest absolute Gasteiger partial charge is 0.303 e. The van der Waals surface area contributed by atoms with E-state index >= 15 is 0 Å². The topological polar surface area (TPSA) is 161 Å². The molecule has 2 aliphatic rings. The Morgan fingerprint density at radius 1 is 1.05 bits per heavy atom. The highest BCUT2D eigenvalue weighted by molar-refractivity contribution is 7.92. The first-order chi connectivity index (χ1) is 19.5. The van der Waals surface area contributed by atoms with Gasteiger partial charge in [0.2, 0.25) is 10.0 Å². The molecule has 2 aliphatic heterocycles. The number of nitrogen functional groups attached to an aromatic ring is 1. The third-order valence-corrected chi connectivity index (χ3v) is 9.71. The predicted octanol–water partition coefficient (Wildman–Crippen LogP) is 4.26. The molecule has 0 saturated carbocycles. The van der Waals surface area contributed by atoms with Gasteiger partial charge in [0.1, 0.15) is 17.7 Å². The van der Waals surface area contributed by atoms with Crippen LogP contribution in [0.25, 0.3) is 10.8 Å². The van der Waals surface area contributed by atoms with Crippen LogP contribution in [0.2, 0.25) is 0 Å². The maximum absolute atomic E-state index is 13.7. The van der Waals surface area contributed by atoms with E-state index in [-0.39, 0.29) is 30.5 Å². The fraction of sp³-hybridized carbons (Fsp3) is 0.367. The number of hydrogen-bond acceptors (Lipinski definition) is 6. The Labute approximate surface area is 239 Å². The second-order valence-electron chi connectivity index (χ2n) is 10.7. The highest BCUT2D eigenvalue weighted by atomic mass is 32.2. The molecule has 2 heterocycles. The number of nitrogens with zero attached hydrogens (tertiary/aromatic N) is 2. The summed E-state index contributed by atoms with van der Waals surface area (Å²) in [7, 11) is -3.85. The highest BCUT2D eigenvalue weighted by Crippen LogP contribution is 2.44. The van der Waals surface area contributed by atoms with Gasteiger partial charge in [-0.1, -0.05) is 24.3 Å². The molecule has 0 aromatic heterocycles. The SMILES string of the molecule is CC(=N)N1CCC(Oc2ccc3c(c2)CC(c2ccc4ccc(C(=N)N)cc4c2)N3S(=O)(=O)CCCC(=O)O)CC1. The number of anilines is 1. The Bertz CT molecular complexity index is 1610. The Balaban J connectivity index is 1.46. The van der Waals surface area contributed by atoms with Crippen LogP contribution in [0.5, 0.6) is 5.75 Å². The fourth-order valence-electron chi connectivity index (χ4n) is 5.72. The Hall–Kier alpha value is -4.12. The van der Waals surface area contributed by atoms with Gasteiger partial charge in [0.05, 0.1) is 23.3 Å². The van der Waals surface area contributed by atoms with Crippen molar-refractivity contribution in [2.75, 3.05) is 23.1 Å². The molecular weight excluding hydrogens is 542 g/mol. The standard InChI is InChI=1S/C30H35N5O5S/c1-19(31)34-12-10-25(11-13-34)40-26-8-9-27-24(17-26)18-28(35(27)41(38,39)14-2-3-29(36)37)21-6-4-20-5-7-22(30(32)33)16-23(20)15-21/h4-9,15-17,25,28,31H,2-3,10-14,18H2,1H3,(H3,32,33)(H,36,37). The average molecular weight is 578 g/mol. The highest BCUT2D eigenvalue weighted by Gasteiger charge is 2.38. The first kappa shape index (κ1) is 28.4. The lowest BCUT2D eigenvalue weighted by Gasteiger charge is -2.33. The first-order valence-corrected chi connectivity index (χ1v) is 15.3. The minimum Gasteiger partial charge on any atom is -0.490 e. The second-order valence-corrected chi connectivity index (χ2v) is 12.7. The molecule has 3 aromatic carbocycles. The van der Waals surface area contributed by atoms with Gasteiger partial charge in [-0.2, -0.15) is 0 Å². The number of sulfonamides is 1. The van der Waals surface area contributed by atoms with Crippen molar-refractivity contribution in [1.29, 1.82) is 10.8 Å². The zero-order valence-corrected chi connectivity index (χ0v) is 23.8. The molecule has 0 amide bonds. The van der Waals surface area contributed by atoms with Crippen LogP contribution in [-0.2, 0) is 21.2 Å². The van der Waals surface area contributed by atoms with Crippen molar-refractivity contribution in [3.8, 4) is 5.75 Å². The molecule has 5 rings (SSSR count). The lowest BCUT2D eigenvalue weighted by atomic mass is 9.98. The van der Waals surface area contributed by atoms with Crippen LogP contribution >= 0.6 is 0 Å². The molecule has 1 fully saturated rings. The zero-order chi connectivity index (χ0) is 29.3. The van der Waals surface area contributed by atoms with E-state index in [1.807, 2.05) is 41.3 Å². The maximum Gasteiger partial charge on any atom is 0.303 e. The molecule has 3 aromatic rings. The number of rotatable bonds is 9. The molecule has 5 N–H and O–H groups in total. The van der Waals surface area contributed by atoms with Crippen molar-refractivity contribution in [3.63, 3.8) is 0 Å². The number of piperidine rings is 1. The molecule has 1 atom stereocenters. The van der Waals surface area contributed by atoms with Crippen LogP contribution in [0.1, 0.15) is 55.3 Å². The van der Waals surface area contributed by atoms with Crippen molar-refractivity contribution in [2.45, 2.75) is 51.2 Å². The number of carbonyl (C=O) groups is 1. The first-order valence-electron chi connectivity index (χ1n) is 13.7. The zero-order valence-electron chi connectivity index (χ0n) is 23.0. The maximum atomic E-state index is 13.7. The van der Waals surface area contributed by atoms with E-state index in [9.17, 15) is 13.2 Å². The number of likely N-dealkylation sites (tertiary alicyclic amines) is 1. The summed E-state index contributed by atoms with van der Waals surface area (Å²) < 4.78 is 35.1. The summed E-state index contributed by atoms with van der Waals surface area (Å²) in [5.41, 5.74) is 8.51. The molecule has 1 saturated heterocycles. The van der Waals surface area contributed by atoms with Gasteiger partial charge >= 0.3 is 5.97 Å². The molecule has 0 bridgehead atoms. The van der Waals surface area contributed by atoms with Crippen LogP contribution in [0, 0.1) is 10.8 Å². The van der Waals surface area contributed by atoms with E-state index in [0.29, 0.717) is 29.3 Å². The number of nitrogens with two attached hydrogens (primary N) is 1. The largest absolute Gasteiger partial charge is 0.490 e. The van der Waals surface area contributed by atoms with E-state index in [1.54, 1.807) is 25.1 Å². The molecule has 41 heavy (non-hydrogen) atoms. The summed E-state index contributed by atoms with van der Waals surface area (Å²) in [6.07, 6.45) is 1.86. The van der Waals surface area contributed by atoms with Gasteiger partial charge < -0.3 is 20.5 Å². The van der Waals surface area contributed by atoms with E-state index in [0.717, 1.165) is 47.8 Å². The summed E-state index contributed by atoms with van der Waals surface area (Å²) in [4.78, 5) is 13.1. The van der Waals surface area contributed by atoms with Gasteiger partial charge in [-0.05, 0) is 65.6 Å². The molecule has 0 spiro atoms. The molecule has 11 heteroatoms. The summed E-state index contributed by atoms with van der Waals surface area (Å²) in [5.74, 6) is -0.108. The summed E-state index contributed by atoms with van der Waals surface area (Å²) in [6.45, 7) is 3.32. The number of carboxylic acid groups (broad SMARTS) is 1. The number of nitrogens with one attached hydrogen (secondary N) is 2. The van der Waals surface area contributed by atoms with E-state index < -0.39 is 22.0 Å². The van der Waals surface area contributed by atoms with E-state index in [4.69, 9.17) is 26.4 Å². The van der Waals surface area contributed by atoms with Gasteiger partial charge in [0.15, 0.2) is 0 Å². The van der Waals surface area contributed by atoms with Crippen molar-refractivity contribution in [2.24, 2.45) is 5.73 Å². The van der Waals surface area contributed by atoms with Gasteiger partial charge in [0.25, 0.3) is 0 Å². The van der Waals surface area contributed by atoms with E-state index in [1.165, 1.54) is 4.31 Å². The van der Waals surface area contributed by atoms with Gasteiger partial charge in [-0.25, -0.2) is 8.42 Å².